The van der Waals surface area contributed by atoms with Crippen LogP contribution in [0.4, 0.5) is 0 Å². The monoisotopic (exact) mass is 229 g/mol. The Labute approximate surface area is 102 Å². The SMILES string of the molecule is CCCC(C)OCC(C)(C)CNCC(C)C. The van der Waals surface area contributed by atoms with E-state index in [0.717, 1.165) is 32.0 Å². The molecule has 16 heavy (non-hydrogen) atoms. The van der Waals surface area contributed by atoms with Gasteiger partial charge in [-0.05, 0) is 25.8 Å². The summed E-state index contributed by atoms with van der Waals surface area (Å²) in [4.78, 5) is 0. The zero-order valence-electron chi connectivity index (χ0n) is 12.1. The average molecular weight is 229 g/mol. The van der Waals surface area contributed by atoms with Gasteiger partial charge >= 0.3 is 0 Å². The Balaban J connectivity index is 3.68. The van der Waals surface area contributed by atoms with Crippen molar-refractivity contribution in [3.05, 3.63) is 0 Å². The summed E-state index contributed by atoms with van der Waals surface area (Å²) < 4.78 is 5.86. The van der Waals surface area contributed by atoms with Gasteiger partial charge in [-0.15, -0.1) is 0 Å². The fourth-order valence-electron chi connectivity index (χ4n) is 1.61. The number of hydrogen-bond acceptors (Lipinski definition) is 2. The molecule has 0 heterocycles. The summed E-state index contributed by atoms with van der Waals surface area (Å²) in [5.41, 5.74) is 0.233. The molecule has 1 atom stereocenters. The fraction of sp³-hybridized carbons (Fsp3) is 1.00. The molecular weight excluding hydrogens is 198 g/mol. The fourth-order valence-corrected chi connectivity index (χ4v) is 1.61. The molecule has 0 aliphatic heterocycles. The van der Waals surface area contributed by atoms with E-state index < -0.39 is 0 Å². The van der Waals surface area contributed by atoms with Gasteiger partial charge in [-0.25, -0.2) is 0 Å². The molecule has 2 nitrogen and oxygen atoms in total. The van der Waals surface area contributed by atoms with E-state index in [2.05, 4.69) is 46.9 Å². The second-order valence-electron chi connectivity index (χ2n) is 6.10. The lowest BCUT2D eigenvalue weighted by atomic mass is 9.94. The quantitative estimate of drug-likeness (QED) is 0.654. The molecule has 0 aliphatic rings. The molecule has 1 N–H and O–H groups in total. The van der Waals surface area contributed by atoms with Crippen molar-refractivity contribution < 1.29 is 4.74 Å². The minimum Gasteiger partial charge on any atom is -0.378 e. The molecule has 0 aliphatic carbocycles. The number of ether oxygens (including phenoxy) is 1. The standard InChI is InChI=1S/C14H31NO/c1-7-8-13(4)16-11-14(5,6)10-15-9-12(2)3/h12-13,15H,7-11H2,1-6H3. The predicted octanol–water partition coefficient (Wildman–Crippen LogP) is 3.46. The molecule has 0 aromatic carbocycles. The van der Waals surface area contributed by atoms with Crippen LogP contribution in [0.3, 0.4) is 0 Å². The van der Waals surface area contributed by atoms with Crippen molar-refractivity contribution in [1.82, 2.24) is 5.32 Å². The van der Waals surface area contributed by atoms with Gasteiger partial charge in [0.05, 0.1) is 12.7 Å². The number of nitrogens with one attached hydrogen (secondary N) is 1. The molecular formula is C14H31NO. The second-order valence-corrected chi connectivity index (χ2v) is 6.10. The van der Waals surface area contributed by atoms with Gasteiger partial charge in [-0.1, -0.05) is 41.0 Å². The number of rotatable bonds is 9. The molecule has 0 amide bonds. The summed E-state index contributed by atoms with van der Waals surface area (Å²) in [6.45, 7) is 16.3. The van der Waals surface area contributed by atoms with Crippen molar-refractivity contribution in [2.24, 2.45) is 11.3 Å². The van der Waals surface area contributed by atoms with Gasteiger partial charge < -0.3 is 10.1 Å². The maximum atomic E-state index is 5.86. The third-order valence-electron chi connectivity index (χ3n) is 2.61. The van der Waals surface area contributed by atoms with Crippen LogP contribution >= 0.6 is 0 Å². The highest BCUT2D eigenvalue weighted by Gasteiger charge is 2.19. The average Bonchev–Trinajstić information content (AvgIpc) is 2.14. The first kappa shape index (κ1) is 15.9. The summed E-state index contributed by atoms with van der Waals surface area (Å²) in [5.74, 6) is 0.718. The Morgan fingerprint density at radius 3 is 2.31 bits per heavy atom. The van der Waals surface area contributed by atoms with Crippen LogP contribution in [-0.4, -0.2) is 25.8 Å². The summed E-state index contributed by atoms with van der Waals surface area (Å²) in [7, 11) is 0. The van der Waals surface area contributed by atoms with E-state index in [4.69, 9.17) is 4.74 Å². The molecule has 0 fully saturated rings. The summed E-state index contributed by atoms with van der Waals surface area (Å²) >= 11 is 0. The smallest absolute Gasteiger partial charge is 0.0547 e. The molecule has 0 saturated heterocycles. The second kappa shape index (κ2) is 8.08. The highest BCUT2D eigenvalue weighted by Crippen LogP contribution is 2.16. The van der Waals surface area contributed by atoms with Crippen LogP contribution in [0.5, 0.6) is 0 Å². The number of hydrogen-bond donors (Lipinski definition) is 1. The van der Waals surface area contributed by atoms with E-state index >= 15 is 0 Å². The molecule has 0 spiro atoms. The van der Waals surface area contributed by atoms with Crippen LogP contribution in [0.15, 0.2) is 0 Å². The van der Waals surface area contributed by atoms with Gasteiger partial charge in [0.15, 0.2) is 0 Å². The van der Waals surface area contributed by atoms with E-state index in [1.165, 1.54) is 6.42 Å². The van der Waals surface area contributed by atoms with Gasteiger partial charge in [0, 0.05) is 12.0 Å². The Morgan fingerprint density at radius 2 is 1.81 bits per heavy atom. The lowest BCUT2D eigenvalue weighted by Gasteiger charge is -2.27. The van der Waals surface area contributed by atoms with Gasteiger partial charge in [-0.3, -0.25) is 0 Å². The molecule has 0 aromatic rings. The first-order valence-electron chi connectivity index (χ1n) is 6.69. The van der Waals surface area contributed by atoms with Gasteiger partial charge in [0.2, 0.25) is 0 Å². The van der Waals surface area contributed by atoms with Gasteiger partial charge in [0.1, 0.15) is 0 Å². The van der Waals surface area contributed by atoms with Crippen LogP contribution in [0.2, 0.25) is 0 Å². The maximum Gasteiger partial charge on any atom is 0.0547 e. The van der Waals surface area contributed by atoms with Gasteiger partial charge in [0.25, 0.3) is 0 Å². The zero-order chi connectivity index (χ0) is 12.6. The third kappa shape index (κ3) is 9.17. The van der Waals surface area contributed by atoms with Crippen molar-refractivity contribution in [3.8, 4) is 0 Å². The van der Waals surface area contributed by atoms with Crippen molar-refractivity contribution >= 4 is 0 Å². The summed E-state index contributed by atoms with van der Waals surface area (Å²) in [6.07, 6.45) is 2.76. The molecule has 0 saturated carbocycles. The van der Waals surface area contributed by atoms with Crippen molar-refractivity contribution in [2.45, 2.75) is 60.5 Å². The molecule has 1 unspecified atom stereocenters. The van der Waals surface area contributed by atoms with Crippen LogP contribution in [0.25, 0.3) is 0 Å². The molecule has 0 radical (unpaired) electrons. The minimum absolute atomic E-state index is 0.233. The highest BCUT2D eigenvalue weighted by atomic mass is 16.5. The van der Waals surface area contributed by atoms with Crippen molar-refractivity contribution in [2.75, 3.05) is 19.7 Å². The van der Waals surface area contributed by atoms with E-state index in [0.29, 0.717) is 6.10 Å². The van der Waals surface area contributed by atoms with E-state index in [1.807, 2.05) is 0 Å². The van der Waals surface area contributed by atoms with Gasteiger partial charge in [-0.2, -0.15) is 0 Å². The highest BCUT2D eigenvalue weighted by molar-refractivity contribution is 4.72. The molecule has 0 bridgehead atoms. The van der Waals surface area contributed by atoms with Crippen LogP contribution < -0.4 is 5.32 Å². The van der Waals surface area contributed by atoms with E-state index in [9.17, 15) is 0 Å². The third-order valence-corrected chi connectivity index (χ3v) is 2.61. The van der Waals surface area contributed by atoms with E-state index in [1.54, 1.807) is 0 Å². The summed E-state index contributed by atoms with van der Waals surface area (Å²) in [6, 6.07) is 0. The Bertz CT molecular complexity index is 166. The van der Waals surface area contributed by atoms with Crippen molar-refractivity contribution in [1.29, 1.82) is 0 Å². The first-order chi connectivity index (χ1) is 7.37. The molecule has 0 rings (SSSR count). The first-order valence-corrected chi connectivity index (χ1v) is 6.69. The normalized spacial score (nSPS) is 14.4. The molecule has 98 valence electrons. The van der Waals surface area contributed by atoms with E-state index in [-0.39, 0.29) is 5.41 Å². The Kier molecular flexibility index (Phi) is 8.04. The maximum absolute atomic E-state index is 5.86. The zero-order valence-corrected chi connectivity index (χ0v) is 12.1. The van der Waals surface area contributed by atoms with Crippen molar-refractivity contribution in [3.63, 3.8) is 0 Å². The Morgan fingerprint density at radius 1 is 1.19 bits per heavy atom. The minimum atomic E-state index is 0.233. The van der Waals surface area contributed by atoms with Crippen LogP contribution in [0.1, 0.15) is 54.4 Å². The molecule has 0 aromatic heterocycles. The lowest BCUT2D eigenvalue weighted by molar-refractivity contribution is 0.00809. The lowest BCUT2D eigenvalue weighted by Crippen LogP contribution is -2.35. The summed E-state index contributed by atoms with van der Waals surface area (Å²) in [5, 5.41) is 3.50. The molecule has 2 heteroatoms. The Hall–Kier alpha value is -0.0800. The van der Waals surface area contributed by atoms with Crippen LogP contribution in [-0.2, 0) is 4.74 Å². The van der Waals surface area contributed by atoms with Crippen LogP contribution in [0, 0.1) is 11.3 Å². The predicted molar refractivity (Wildman–Crippen MR) is 71.8 cm³/mol. The largest absolute Gasteiger partial charge is 0.378 e. The topological polar surface area (TPSA) is 21.3 Å².